The van der Waals surface area contributed by atoms with Gasteiger partial charge in [0.25, 0.3) is 0 Å². The molecule has 1 saturated carbocycles. The zero-order valence-corrected chi connectivity index (χ0v) is 8.38. The topological polar surface area (TPSA) is 18.5 Å². The molecule has 0 N–H and O–H groups in total. The van der Waals surface area contributed by atoms with Gasteiger partial charge in [-0.1, -0.05) is 12.8 Å². The highest BCUT2D eigenvalue weighted by atomic mass is 16.5. The molecule has 2 nitrogen and oxygen atoms in total. The summed E-state index contributed by atoms with van der Waals surface area (Å²) in [6.07, 6.45) is 5.90. The van der Waals surface area contributed by atoms with Crippen molar-refractivity contribution < 1.29 is 9.47 Å². The van der Waals surface area contributed by atoms with Crippen molar-refractivity contribution in [2.45, 2.75) is 57.8 Å². The van der Waals surface area contributed by atoms with Gasteiger partial charge in [0.2, 0.25) is 0 Å². The highest BCUT2D eigenvalue weighted by Crippen LogP contribution is 2.24. The summed E-state index contributed by atoms with van der Waals surface area (Å²) in [6.45, 7) is 4.17. The number of methoxy groups -OCH3 is 1. The second-order valence-electron chi connectivity index (χ2n) is 3.78. The molecule has 1 fully saturated rings. The normalized spacial score (nSPS) is 31.0. The molecule has 0 spiro atoms. The zero-order chi connectivity index (χ0) is 8.97. The van der Waals surface area contributed by atoms with E-state index in [-0.39, 0.29) is 0 Å². The fraction of sp³-hybridized carbons (Fsp3) is 1.00. The van der Waals surface area contributed by atoms with Crippen molar-refractivity contribution in [2.75, 3.05) is 7.11 Å². The van der Waals surface area contributed by atoms with Crippen molar-refractivity contribution in [3.8, 4) is 0 Å². The van der Waals surface area contributed by atoms with Gasteiger partial charge in [-0.3, -0.25) is 0 Å². The molecule has 2 heteroatoms. The molecular weight excluding hydrogens is 152 g/mol. The Morgan fingerprint density at radius 1 is 1.08 bits per heavy atom. The van der Waals surface area contributed by atoms with E-state index in [1.165, 1.54) is 12.8 Å². The average molecular weight is 172 g/mol. The van der Waals surface area contributed by atoms with Crippen LogP contribution in [0.5, 0.6) is 0 Å². The molecule has 0 radical (unpaired) electrons. The molecule has 0 aromatic heterocycles. The molecule has 1 rings (SSSR count). The summed E-state index contributed by atoms with van der Waals surface area (Å²) in [7, 11) is 1.78. The Kier molecular flexibility index (Phi) is 4.02. The molecule has 2 unspecified atom stereocenters. The van der Waals surface area contributed by atoms with E-state index in [0.29, 0.717) is 18.3 Å². The smallest absolute Gasteiger partial charge is 0.0840 e. The fourth-order valence-corrected chi connectivity index (χ4v) is 1.84. The zero-order valence-electron chi connectivity index (χ0n) is 8.38. The van der Waals surface area contributed by atoms with Gasteiger partial charge in [-0.15, -0.1) is 0 Å². The van der Waals surface area contributed by atoms with E-state index in [1.807, 2.05) is 0 Å². The van der Waals surface area contributed by atoms with Gasteiger partial charge in [0, 0.05) is 7.11 Å². The number of ether oxygens (including phenoxy) is 2. The lowest BCUT2D eigenvalue weighted by Gasteiger charge is -2.31. The molecule has 0 bridgehead atoms. The first-order valence-electron chi connectivity index (χ1n) is 4.92. The average Bonchev–Trinajstić information content (AvgIpc) is 2.04. The van der Waals surface area contributed by atoms with Crippen molar-refractivity contribution in [3.63, 3.8) is 0 Å². The van der Waals surface area contributed by atoms with Gasteiger partial charge >= 0.3 is 0 Å². The maximum absolute atomic E-state index is 5.77. The van der Waals surface area contributed by atoms with E-state index < -0.39 is 0 Å². The predicted octanol–water partition coefficient (Wildman–Crippen LogP) is 2.37. The summed E-state index contributed by atoms with van der Waals surface area (Å²) in [4.78, 5) is 0. The van der Waals surface area contributed by atoms with Crippen LogP contribution in [0.2, 0.25) is 0 Å². The lowest BCUT2D eigenvalue weighted by Crippen LogP contribution is -2.35. The Balaban J connectivity index is 2.36. The summed E-state index contributed by atoms with van der Waals surface area (Å²) in [6, 6.07) is 0. The van der Waals surface area contributed by atoms with Crippen LogP contribution in [0.3, 0.4) is 0 Å². The summed E-state index contributed by atoms with van der Waals surface area (Å²) in [5.74, 6) is 0. The minimum atomic E-state index is 0.325. The largest absolute Gasteiger partial charge is 0.379 e. The predicted molar refractivity (Wildman–Crippen MR) is 49.3 cm³/mol. The van der Waals surface area contributed by atoms with Crippen LogP contribution in [0, 0.1) is 0 Å². The standard InChI is InChI=1S/C10H20O2/c1-8(2)12-10-7-5-4-6-9(10)11-3/h8-10H,4-7H2,1-3H3. The Bertz CT molecular complexity index is 123. The summed E-state index contributed by atoms with van der Waals surface area (Å²) in [5.41, 5.74) is 0. The van der Waals surface area contributed by atoms with Gasteiger partial charge in [-0.2, -0.15) is 0 Å². The number of rotatable bonds is 3. The molecular formula is C10H20O2. The van der Waals surface area contributed by atoms with Crippen molar-refractivity contribution in [1.29, 1.82) is 0 Å². The lowest BCUT2D eigenvalue weighted by atomic mass is 9.94. The van der Waals surface area contributed by atoms with Crippen LogP contribution in [0.1, 0.15) is 39.5 Å². The molecule has 12 heavy (non-hydrogen) atoms. The third kappa shape index (κ3) is 2.76. The maximum Gasteiger partial charge on any atom is 0.0840 e. The van der Waals surface area contributed by atoms with E-state index in [0.717, 1.165) is 12.8 Å². The molecule has 0 saturated heterocycles. The van der Waals surface area contributed by atoms with Gasteiger partial charge < -0.3 is 9.47 Å². The Morgan fingerprint density at radius 2 is 1.67 bits per heavy atom. The minimum absolute atomic E-state index is 0.325. The molecule has 2 atom stereocenters. The minimum Gasteiger partial charge on any atom is -0.379 e. The van der Waals surface area contributed by atoms with Crippen LogP contribution in [0.15, 0.2) is 0 Å². The quantitative estimate of drug-likeness (QED) is 0.650. The van der Waals surface area contributed by atoms with E-state index in [1.54, 1.807) is 7.11 Å². The molecule has 0 heterocycles. The molecule has 0 amide bonds. The van der Waals surface area contributed by atoms with Gasteiger partial charge in [0.05, 0.1) is 18.3 Å². The maximum atomic E-state index is 5.77. The van der Waals surface area contributed by atoms with Gasteiger partial charge in [-0.05, 0) is 26.7 Å². The summed E-state index contributed by atoms with van der Waals surface area (Å²) >= 11 is 0. The second kappa shape index (κ2) is 4.83. The van der Waals surface area contributed by atoms with Gasteiger partial charge in [0.1, 0.15) is 0 Å². The second-order valence-corrected chi connectivity index (χ2v) is 3.78. The Morgan fingerprint density at radius 3 is 2.17 bits per heavy atom. The Labute approximate surface area is 75.2 Å². The van der Waals surface area contributed by atoms with Crippen LogP contribution in [-0.4, -0.2) is 25.4 Å². The molecule has 1 aliphatic carbocycles. The first-order valence-corrected chi connectivity index (χ1v) is 4.92. The third-order valence-corrected chi connectivity index (χ3v) is 2.39. The van der Waals surface area contributed by atoms with E-state index in [9.17, 15) is 0 Å². The van der Waals surface area contributed by atoms with E-state index >= 15 is 0 Å². The van der Waals surface area contributed by atoms with Crippen molar-refractivity contribution in [1.82, 2.24) is 0 Å². The van der Waals surface area contributed by atoms with Crippen LogP contribution >= 0.6 is 0 Å². The highest BCUT2D eigenvalue weighted by Gasteiger charge is 2.25. The van der Waals surface area contributed by atoms with Crippen molar-refractivity contribution >= 4 is 0 Å². The van der Waals surface area contributed by atoms with Gasteiger partial charge in [-0.25, -0.2) is 0 Å². The highest BCUT2D eigenvalue weighted by molar-refractivity contribution is 4.76. The molecule has 0 aliphatic heterocycles. The SMILES string of the molecule is COC1CCCCC1OC(C)C. The van der Waals surface area contributed by atoms with Crippen LogP contribution in [-0.2, 0) is 9.47 Å². The molecule has 0 aromatic carbocycles. The first kappa shape index (κ1) is 10.0. The van der Waals surface area contributed by atoms with E-state index in [4.69, 9.17) is 9.47 Å². The van der Waals surface area contributed by atoms with Gasteiger partial charge in [0.15, 0.2) is 0 Å². The van der Waals surface area contributed by atoms with Crippen LogP contribution in [0.25, 0.3) is 0 Å². The van der Waals surface area contributed by atoms with Crippen molar-refractivity contribution in [3.05, 3.63) is 0 Å². The first-order chi connectivity index (χ1) is 5.74. The number of hydrogen-bond acceptors (Lipinski definition) is 2. The monoisotopic (exact) mass is 172 g/mol. The fourth-order valence-electron chi connectivity index (χ4n) is 1.84. The number of hydrogen-bond donors (Lipinski definition) is 0. The summed E-state index contributed by atoms with van der Waals surface area (Å²) < 4.78 is 11.1. The Hall–Kier alpha value is -0.0800. The van der Waals surface area contributed by atoms with Crippen LogP contribution < -0.4 is 0 Å². The van der Waals surface area contributed by atoms with E-state index in [2.05, 4.69) is 13.8 Å². The lowest BCUT2D eigenvalue weighted by molar-refractivity contribution is -0.0973. The summed E-state index contributed by atoms with van der Waals surface area (Å²) in [5, 5.41) is 0. The van der Waals surface area contributed by atoms with Crippen LogP contribution in [0.4, 0.5) is 0 Å². The molecule has 72 valence electrons. The molecule has 0 aromatic rings. The molecule has 1 aliphatic rings. The third-order valence-electron chi connectivity index (χ3n) is 2.39. The van der Waals surface area contributed by atoms with Crippen molar-refractivity contribution in [2.24, 2.45) is 0 Å².